The van der Waals surface area contributed by atoms with Gasteiger partial charge >= 0.3 is 0 Å². The number of fused-ring (bicyclic) bond motifs is 1. The number of hydrogen-bond acceptors (Lipinski definition) is 1. The van der Waals surface area contributed by atoms with E-state index in [2.05, 4.69) is 17.2 Å². The van der Waals surface area contributed by atoms with Crippen LogP contribution in [0.5, 0.6) is 0 Å². The molecule has 1 aromatic heterocycles. The molecule has 1 fully saturated rings. The van der Waals surface area contributed by atoms with Gasteiger partial charge in [0.05, 0.1) is 0 Å². The minimum absolute atomic E-state index is 0.0571. The van der Waals surface area contributed by atoms with Crippen molar-refractivity contribution in [1.82, 2.24) is 10.3 Å². The van der Waals surface area contributed by atoms with Crippen molar-refractivity contribution in [3.8, 4) is 0 Å². The van der Waals surface area contributed by atoms with Crippen LogP contribution >= 0.6 is 0 Å². The van der Waals surface area contributed by atoms with Crippen molar-refractivity contribution in [2.24, 2.45) is 5.92 Å². The fourth-order valence-corrected chi connectivity index (χ4v) is 2.56. The smallest absolute Gasteiger partial charge is 0.251 e. The molecule has 3 nitrogen and oxygen atoms in total. The molecule has 0 spiro atoms. The molecule has 18 heavy (non-hydrogen) atoms. The minimum atomic E-state index is 0.0571. The Kier molecular flexibility index (Phi) is 2.82. The third-order valence-corrected chi connectivity index (χ3v) is 3.71. The Labute approximate surface area is 107 Å². The average molecular weight is 242 g/mol. The highest BCUT2D eigenvalue weighted by Crippen LogP contribution is 2.34. The standard InChI is InChI=1S/C15H18N2O/c1-2-3-10-9-14(10)17-15(18)12-4-5-13-11(8-12)6-7-16-13/h4-8,10,14,16H,2-3,9H2,1H3,(H,17,18). The van der Waals surface area contributed by atoms with Crippen molar-refractivity contribution in [1.29, 1.82) is 0 Å². The van der Waals surface area contributed by atoms with Gasteiger partial charge in [0, 0.05) is 28.7 Å². The maximum Gasteiger partial charge on any atom is 0.251 e. The molecule has 2 unspecified atom stereocenters. The van der Waals surface area contributed by atoms with Crippen LogP contribution < -0.4 is 5.32 Å². The number of aromatic nitrogens is 1. The van der Waals surface area contributed by atoms with Gasteiger partial charge in [0.1, 0.15) is 0 Å². The van der Waals surface area contributed by atoms with Crippen LogP contribution in [0.15, 0.2) is 30.5 Å². The summed E-state index contributed by atoms with van der Waals surface area (Å²) >= 11 is 0. The second-order valence-corrected chi connectivity index (χ2v) is 5.14. The summed E-state index contributed by atoms with van der Waals surface area (Å²) in [4.78, 5) is 15.2. The summed E-state index contributed by atoms with van der Waals surface area (Å²) in [6, 6.07) is 8.17. The Balaban J connectivity index is 1.68. The molecule has 2 atom stereocenters. The van der Waals surface area contributed by atoms with E-state index in [1.807, 2.05) is 30.5 Å². The zero-order chi connectivity index (χ0) is 12.5. The molecule has 3 rings (SSSR count). The van der Waals surface area contributed by atoms with Gasteiger partial charge in [0.2, 0.25) is 0 Å². The van der Waals surface area contributed by atoms with Gasteiger partial charge < -0.3 is 10.3 Å². The molecule has 0 saturated heterocycles. The summed E-state index contributed by atoms with van der Waals surface area (Å²) < 4.78 is 0. The maximum absolute atomic E-state index is 12.1. The van der Waals surface area contributed by atoms with Crippen molar-refractivity contribution < 1.29 is 4.79 Å². The fourth-order valence-electron chi connectivity index (χ4n) is 2.56. The molecule has 0 radical (unpaired) electrons. The Morgan fingerprint density at radius 3 is 3.17 bits per heavy atom. The molecule has 1 amide bonds. The summed E-state index contributed by atoms with van der Waals surface area (Å²) in [6.07, 6.45) is 5.46. The predicted octanol–water partition coefficient (Wildman–Crippen LogP) is 3.09. The van der Waals surface area contributed by atoms with Gasteiger partial charge in [-0.15, -0.1) is 0 Å². The molecule has 1 heterocycles. The molecule has 1 aromatic carbocycles. The molecule has 0 aliphatic heterocycles. The van der Waals surface area contributed by atoms with Gasteiger partial charge in [0.15, 0.2) is 0 Å². The van der Waals surface area contributed by atoms with Gasteiger partial charge in [-0.1, -0.05) is 13.3 Å². The first kappa shape index (κ1) is 11.3. The van der Waals surface area contributed by atoms with Gasteiger partial charge in [-0.3, -0.25) is 4.79 Å². The third-order valence-electron chi connectivity index (χ3n) is 3.71. The molecule has 3 heteroatoms. The van der Waals surface area contributed by atoms with Crippen molar-refractivity contribution in [2.45, 2.75) is 32.2 Å². The number of amides is 1. The number of nitrogens with one attached hydrogen (secondary N) is 2. The van der Waals surface area contributed by atoms with E-state index in [1.54, 1.807) is 0 Å². The number of carbonyl (C=O) groups excluding carboxylic acids is 1. The normalized spacial score (nSPS) is 22.1. The van der Waals surface area contributed by atoms with E-state index in [0.717, 1.165) is 22.9 Å². The summed E-state index contributed by atoms with van der Waals surface area (Å²) in [5, 5.41) is 4.20. The van der Waals surface area contributed by atoms with Crippen LogP contribution in [0.25, 0.3) is 10.9 Å². The number of rotatable bonds is 4. The lowest BCUT2D eigenvalue weighted by Crippen LogP contribution is -2.26. The van der Waals surface area contributed by atoms with Crippen LogP contribution in [0.3, 0.4) is 0 Å². The molecule has 94 valence electrons. The molecule has 2 N–H and O–H groups in total. The van der Waals surface area contributed by atoms with E-state index in [0.29, 0.717) is 12.0 Å². The maximum atomic E-state index is 12.1. The Morgan fingerprint density at radius 1 is 1.44 bits per heavy atom. The van der Waals surface area contributed by atoms with Crippen molar-refractivity contribution in [3.05, 3.63) is 36.0 Å². The van der Waals surface area contributed by atoms with E-state index in [1.165, 1.54) is 12.8 Å². The topological polar surface area (TPSA) is 44.9 Å². The Morgan fingerprint density at radius 2 is 2.33 bits per heavy atom. The van der Waals surface area contributed by atoms with Gasteiger partial charge in [-0.2, -0.15) is 0 Å². The van der Waals surface area contributed by atoms with Crippen molar-refractivity contribution in [3.63, 3.8) is 0 Å². The number of hydrogen-bond donors (Lipinski definition) is 2. The van der Waals surface area contributed by atoms with Crippen LogP contribution in [0.4, 0.5) is 0 Å². The first-order valence-electron chi connectivity index (χ1n) is 6.66. The highest BCUT2D eigenvalue weighted by atomic mass is 16.1. The van der Waals surface area contributed by atoms with Gasteiger partial charge in [-0.25, -0.2) is 0 Å². The SMILES string of the molecule is CCCC1CC1NC(=O)c1ccc2[nH]ccc2c1. The van der Waals surface area contributed by atoms with E-state index >= 15 is 0 Å². The molecular weight excluding hydrogens is 224 g/mol. The quantitative estimate of drug-likeness (QED) is 0.850. The second kappa shape index (κ2) is 4.48. The Bertz CT molecular complexity index is 573. The van der Waals surface area contributed by atoms with Gasteiger partial charge in [-0.05, 0) is 43.0 Å². The first-order chi connectivity index (χ1) is 8.78. The Hall–Kier alpha value is -1.77. The van der Waals surface area contributed by atoms with Crippen LogP contribution in [0.2, 0.25) is 0 Å². The molecule has 1 aliphatic carbocycles. The molecular formula is C15H18N2O. The number of carbonyl (C=O) groups is 1. The molecule has 2 aromatic rings. The summed E-state index contributed by atoms with van der Waals surface area (Å²) in [5.41, 5.74) is 1.83. The average Bonchev–Trinajstić information content (AvgIpc) is 2.92. The van der Waals surface area contributed by atoms with E-state index in [9.17, 15) is 4.79 Å². The molecule has 1 aliphatic rings. The van der Waals surface area contributed by atoms with Crippen LogP contribution in [-0.4, -0.2) is 16.9 Å². The number of benzene rings is 1. The van der Waals surface area contributed by atoms with E-state index in [4.69, 9.17) is 0 Å². The molecule has 1 saturated carbocycles. The number of H-pyrrole nitrogens is 1. The van der Waals surface area contributed by atoms with Gasteiger partial charge in [0.25, 0.3) is 5.91 Å². The molecule has 0 bridgehead atoms. The highest BCUT2D eigenvalue weighted by Gasteiger charge is 2.37. The van der Waals surface area contributed by atoms with E-state index < -0.39 is 0 Å². The van der Waals surface area contributed by atoms with Crippen molar-refractivity contribution >= 4 is 16.8 Å². The van der Waals surface area contributed by atoms with Crippen molar-refractivity contribution in [2.75, 3.05) is 0 Å². The van der Waals surface area contributed by atoms with E-state index in [-0.39, 0.29) is 5.91 Å². The monoisotopic (exact) mass is 242 g/mol. The summed E-state index contributed by atoms with van der Waals surface area (Å²) in [7, 11) is 0. The zero-order valence-corrected chi connectivity index (χ0v) is 10.6. The largest absolute Gasteiger partial charge is 0.361 e. The zero-order valence-electron chi connectivity index (χ0n) is 10.6. The highest BCUT2D eigenvalue weighted by molar-refractivity contribution is 5.98. The lowest BCUT2D eigenvalue weighted by atomic mass is 10.1. The fraction of sp³-hybridized carbons (Fsp3) is 0.400. The predicted molar refractivity (Wildman–Crippen MR) is 72.6 cm³/mol. The van der Waals surface area contributed by atoms with Crippen LogP contribution in [0.1, 0.15) is 36.5 Å². The lowest BCUT2D eigenvalue weighted by Gasteiger charge is -2.04. The number of aromatic amines is 1. The third kappa shape index (κ3) is 2.13. The van der Waals surface area contributed by atoms with Crippen LogP contribution in [-0.2, 0) is 0 Å². The first-order valence-corrected chi connectivity index (χ1v) is 6.66. The summed E-state index contributed by atoms with van der Waals surface area (Å²) in [6.45, 7) is 2.19. The lowest BCUT2D eigenvalue weighted by molar-refractivity contribution is 0.0949. The van der Waals surface area contributed by atoms with Crippen LogP contribution in [0, 0.1) is 5.92 Å². The minimum Gasteiger partial charge on any atom is -0.361 e. The second-order valence-electron chi connectivity index (χ2n) is 5.14. The summed E-state index contributed by atoms with van der Waals surface area (Å²) in [5.74, 6) is 0.761.